The molecule has 0 aromatic carbocycles. The second kappa shape index (κ2) is 6.91. The molecule has 1 aliphatic rings. The van der Waals surface area contributed by atoms with Crippen LogP contribution in [0.15, 0.2) is 17.2 Å². The van der Waals surface area contributed by atoms with E-state index in [0.717, 1.165) is 25.3 Å². The second-order valence-corrected chi connectivity index (χ2v) is 7.58. The minimum absolute atomic E-state index is 0.102. The highest BCUT2D eigenvalue weighted by Gasteiger charge is 2.21. The van der Waals surface area contributed by atoms with Crippen LogP contribution in [0, 0.1) is 0 Å². The van der Waals surface area contributed by atoms with E-state index in [9.17, 15) is 8.42 Å². The van der Waals surface area contributed by atoms with Gasteiger partial charge < -0.3 is 15.2 Å². The molecule has 1 aromatic rings. The van der Waals surface area contributed by atoms with Gasteiger partial charge in [-0.1, -0.05) is 6.42 Å². The van der Waals surface area contributed by atoms with E-state index in [1.807, 2.05) is 6.92 Å². The zero-order valence-corrected chi connectivity index (χ0v) is 13.7. The molecule has 1 saturated heterocycles. The Labute approximate surface area is 127 Å². The Bertz CT molecular complexity index is 562. The van der Waals surface area contributed by atoms with Crippen molar-refractivity contribution >= 4 is 10.0 Å². The Morgan fingerprint density at radius 1 is 1.33 bits per heavy atom. The van der Waals surface area contributed by atoms with E-state index in [1.165, 1.54) is 19.3 Å². The van der Waals surface area contributed by atoms with Gasteiger partial charge in [0.15, 0.2) is 0 Å². The number of nitrogens with two attached hydrogens (primary N) is 1. The number of piperidine rings is 1. The zero-order valence-electron chi connectivity index (χ0n) is 12.9. The summed E-state index contributed by atoms with van der Waals surface area (Å²) >= 11 is 0. The van der Waals surface area contributed by atoms with E-state index in [-0.39, 0.29) is 10.9 Å². The summed E-state index contributed by atoms with van der Waals surface area (Å²) in [4.78, 5) is 2.61. The van der Waals surface area contributed by atoms with Crippen molar-refractivity contribution in [3.05, 3.63) is 18.0 Å². The van der Waals surface area contributed by atoms with Crippen LogP contribution in [-0.4, -0.2) is 43.6 Å². The quantitative estimate of drug-likeness (QED) is 0.807. The van der Waals surface area contributed by atoms with Crippen molar-refractivity contribution in [2.24, 2.45) is 12.8 Å². The molecule has 1 unspecified atom stereocenters. The highest BCUT2D eigenvalue weighted by Crippen LogP contribution is 2.14. The summed E-state index contributed by atoms with van der Waals surface area (Å²) in [6.07, 6.45) is 5.30. The molecule has 2 rings (SSSR count). The molecular weight excluding hydrogens is 288 g/mol. The van der Waals surface area contributed by atoms with Crippen LogP contribution >= 0.6 is 0 Å². The Hall–Kier alpha value is -0.890. The molecule has 1 aromatic heterocycles. The molecule has 0 bridgehead atoms. The van der Waals surface area contributed by atoms with E-state index < -0.39 is 10.0 Å². The number of nitrogens with zero attached hydrogens (tertiary/aromatic N) is 2. The Morgan fingerprint density at radius 3 is 2.57 bits per heavy atom. The molecule has 0 amide bonds. The first-order valence-electron chi connectivity index (χ1n) is 7.52. The van der Waals surface area contributed by atoms with Crippen molar-refractivity contribution < 1.29 is 8.42 Å². The van der Waals surface area contributed by atoms with Gasteiger partial charge in [-0.15, -0.1) is 0 Å². The zero-order chi connectivity index (χ0) is 15.5. The Kier molecular flexibility index (Phi) is 5.43. The maximum atomic E-state index is 12.4. The lowest BCUT2D eigenvalue weighted by Gasteiger charge is -2.29. The van der Waals surface area contributed by atoms with Crippen molar-refractivity contribution in [2.45, 2.75) is 43.7 Å². The topological polar surface area (TPSA) is 80.4 Å². The second-order valence-electron chi connectivity index (χ2n) is 5.87. The van der Waals surface area contributed by atoms with E-state index in [2.05, 4.69) is 9.62 Å². The van der Waals surface area contributed by atoms with Crippen LogP contribution in [0.5, 0.6) is 0 Å². The van der Waals surface area contributed by atoms with Gasteiger partial charge in [-0.3, -0.25) is 0 Å². The molecule has 1 aliphatic heterocycles. The molecule has 0 radical (unpaired) electrons. The number of likely N-dealkylation sites (tertiary alicyclic amines) is 1. The molecule has 6 nitrogen and oxygen atoms in total. The first-order chi connectivity index (χ1) is 9.92. The molecule has 21 heavy (non-hydrogen) atoms. The first kappa shape index (κ1) is 16.5. The van der Waals surface area contributed by atoms with Crippen LogP contribution in [-0.2, 0) is 23.6 Å². The summed E-state index contributed by atoms with van der Waals surface area (Å²) in [7, 11) is -1.67. The lowest BCUT2D eigenvalue weighted by Crippen LogP contribution is -2.43. The number of hydrogen-bond acceptors (Lipinski definition) is 4. The van der Waals surface area contributed by atoms with Gasteiger partial charge in [0.05, 0.1) is 4.90 Å². The molecular formula is C14H26N4O2S. The fourth-order valence-corrected chi connectivity index (χ4v) is 4.15. The van der Waals surface area contributed by atoms with E-state index in [0.29, 0.717) is 6.54 Å². The third-order valence-corrected chi connectivity index (χ3v) is 5.50. The van der Waals surface area contributed by atoms with Crippen molar-refractivity contribution in [3.63, 3.8) is 0 Å². The smallest absolute Gasteiger partial charge is 0.242 e. The van der Waals surface area contributed by atoms with E-state index >= 15 is 0 Å². The van der Waals surface area contributed by atoms with Crippen LogP contribution in [0.3, 0.4) is 0 Å². The summed E-state index contributed by atoms with van der Waals surface area (Å²) in [5.41, 5.74) is 6.39. The van der Waals surface area contributed by atoms with Crippen LogP contribution in [0.25, 0.3) is 0 Å². The van der Waals surface area contributed by atoms with Crippen molar-refractivity contribution in [1.82, 2.24) is 14.2 Å². The number of nitrogens with one attached hydrogen (secondary N) is 1. The average molecular weight is 314 g/mol. The largest absolute Gasteiger partial charge is 0.352 e. The number of hydrogen-bond donors (Lipinski definition) is 2. The van der Waals surface area contributed by atoms with Gasteiger partial charge in [-0.2, -0.15) is 0 Å². The number of rotatable bonds is 6. The van der Waals surface area contributed by atoms with Crippen LogP contribution < -0.4 is 10.5 Å². The number of aryl methyl sites for hydroxylation is 1. The van der Waals surface area contributed by atoms with Gasteiger partial charge >= 0.3 is 0 Å². The van der Waals surface area contributed by atoms with E-state index in [4.69, 9.17) is 5.73 Å². The van der Waals surface area contributed by atoms with Gasteiger partial charge in [-0.25, -0.2) is 13.1 Å². The molecule has 1 fully saturated rings. The highest BCUT2D eigenvalue weighted by molar-refractivity contribution is 7.89. The standard InChI is InChI=1S/C14H26N4O2S/c1-12(10-18-6-4-3-5-7-18)16-21(19,20)14-8-13(9-15)17(2)11-14/h8,11-12,16H,3-7,9-10,15H2,1-2H3. The van der Waals surface area contributed by atoms with Gasteiger partial charge in [0.25, 0.3) is 0 Å². The molecule has 7 heteroatoms. The van der Waals surface area contributed by atoms with Gasteiger partial charge in [0, 0.05) is 38.1 Å². The maximum absolute atomic E-state index is 12.4. The number of aromatic nitrogens is 1. The summed E-state index contributed by atoms with van der Waals surface area (Å²) in [5.74, 6) is 0. The van der Waals surface area contributed by atoms with Gasteiger partial charge in [0.1, 0.15) is 0 Å². The minimum Gasteiger partial charge on any atom is -0.352 e. The minimum atomic E-state index is -3.48. The fraction of sp³-hybridized carbons (Fsp3) is 0.714. The monoisotopic (exact) mass is 314 g/mol. The summed E-state index contributed by atoms with van der Waals surface area (Å²) < 4.78 is 29.3. The predicted octanol–water partition coefficient (Wildman–Crippen LogP) is 0.637. The molecule has 120 valence electrons. The normalized spacial score (nSPS) is 18.8. The highest BCUT2D eigenvalue weighted by atomic mass is 32.2. The van der Waals surface area contributed by atoms with Crippen molar-refractivity contribution in [2.75, 3.05) is 19.6 Å². The van der Waals surface area contributed by atoms with Gasteiger partial charge in [-0.05, 0) is 38.9 Å². The SMILES string of the molecule is CC(CN1CCCCC1)NS(=O)(=O)c1cc(CN)n(C)c1. The molecule has 0 saturated carbocycles. The molecule has 2 heterocycles. The van der Waals surface area contributed by atoms with E-state index in [1.54, 1.807) is 23.9 Å². The third-order valence-electron chi connectivity index (χ3n) is 3.94. The van der Waals surface area contributed by atoms with Crippen molar-refractivity contribution in [1.29, 1.82) is 0 Å². The molecule has 1 atom stereocenters. The third kappa shape index (κ3) is 4.29. The van der Waals surface area contributed by atoms with Crippen LogP contribution in [0.1, 0.15) is 31.9 Å². The van der Waals surface area contributed by atoms with Crippen LogP contribution in [0.2, 0.25) is 0 Å². The molecule has 0 aliphatic carbocycles. The number of sulfonamides is 1. The first-order valence-corrected chi connectivity index (χ1v) is 9.00. The summed E-state index contributed by atoms with van der Waals surface area (Å²) in [5, 5.41) is 0. The predicted molar refractivity (Wildman–Crippen MR) is 83.4 cm³/mol. The molecule has 3 N–H and O–H groups in total. The molecule has 0 spiro atoms. The van der Waals surface area contributed by atoms with Crippen molar-refractivity contribution in [3.8, 4) is 0 Å². The summed E-state index contributed by atoms with van der Waals surface area (Å²) in [6.45, 7) is 5.13. The lowest BCUT2D eigenvalue weighted by atomic mass is 10.1. The summed E-state index contributed by atoms with van der Waals surface area (Å²) in [6, 6.07) is 1.53. The average Bonchev–Trinajstić information content (AvgIpc) is 2.81. The van der Waals surface area contributed by atoms with Gasteiger partial charge in [0.2, 0.25) is 10.0 Å². The fourth-order valence-electron chi connectivity index (χ4n) is 2.83. The lowest BCUT2D eigenvalue weighted by molar-refractivity contribution is 0.215. The Morgan fingerprint density at radius 2 is 2.00 bits per heavy atom. The maximum Gasteiger partial charge on any atom is 0.242 e. The Balaban J connectivity index is 1.98. The van der Waals surface area contributed by atoms with Crippen LogP contribution in [0.4, 0.5) is 0 Å².